The van der Waals surface area contributed by atoms with Crippen LogP contribution in [0.5, 0.6) is 0 Å². The zero-order valence-electron chi connectivity index (χ0n) is 14.2. The maximum Gasteiger partial charge on any atom is 0.308 e. The van der Waals surface area contributed by atoms with E-state index in [1.54, 1.807) is 22.4 Å². The third kappa shape index (κ3) is 4.28. The number of rotatable bonds is 5. The number of hydrogen-bond donors (Lipinski definition) is 2. The van der Waals surface area contributed by atoms with Crippen molar-refractivity contribution in [3.8, 4) is 0 Å². The average molecular weight is 393 g/mol. The molecule has 1 aliphatic heterocycles. The molecule has 2 amide bonds. The number of piperidine rings is 1. The predicted octanol–water partition coefficient (Wildman–Crippen LogP) is 2.71. The molecule has 9 heteroatoms. The number of carboxylic acid groups (broad SMARTS) is 1. The highest BCUT2D eigenvalue weighted by Crippen LogP contribution is 2.24. The second-order valence-electron chi connectivity index (χ2n) is 6.26. The van der Waals surface area contributed by atoms with Gasteiger partial charge in [-0.25, -0.2) is 4.98 Å². The molecule has 3 rings (SSSR count). The molecule has 1 aliphatic rings. The summed E-state index contributed by atoms with van der Waals surface area (Å²) < 4.78 is 0. The molecule has 0 radical (unpaired) electrons. The van der Waals surface area contributed by atoms with Crippen LogP contribution in [0.1, 0.15) is 35.1 Å². The van der Waals surface area contributed by atoms with Gasteiger partial charge in [-0.3, -0.25) is 19.7 Å². The fourth-order valence-electron chi connectivity index (χ4n) is 2.92. The van der Waals surface area contributed by atoms with Gasteiger partial charge in [-0.1, -0.05) is 6.07 Å². The fraction of sp³-hybridized carbons (Fsp3) is 0.412. The number of aromatic nitrogens is 1. The van der Waals surface area contributed by atoms with E-state index in [4.69, 9.17) is 0 Å². The standard InChI is InChI=1S/C17H19N3O4S2/c1-10-4-5-11(16(23)24)8-20(10)14(21)7-12-9-26-17(18-12)19-15(22)13-3-2-6-25-13/h2-3,6,9-11H,4-5,7-8H2,1H3,(H,23,24)(H,18,19,22). The number of thiophene rings is 1. The van der Waals surface area contributed by atoms with Gasteiger partial charge < -0.3 is 10.0 Å². The molecule has 7 nitrogen and oxygen atoms in total. The molecule has 1 fully saturated rings. The van der Waals surface area contributed by atoms with Crippen LogP contribution in [-0.2, 0) is 16.0 Å². The topological polar surface area (TPSA) is 99.6 Å². The Bertz CT molecular complexity index is 803. The lowest BCUT2D eigenvalue weighted by Crippen LogP contribution is -2.47. The Labute approximate surface area is 158 Å². The Hall–Kier alpha value is -2.26. The first-order valence-electron chi connectivity index (χ1n) is 8.25. The number of amides is 2. The highest BCUT2D eigenvalue weighted by atomic mass is 32.1. The number of carbonyl (C=O) groups is 3. The summed E-state index contributed by atoms with van der Waals surface area (Å²) in [7, 11) is 0. The Balaban J connectivity index is 1.60. The van der Waals surface area contributed by atoms with Crippen LogP contribution in [-0.4, -0.2) is 45.4 Å². The molecular formula is C17H19N3O4S2. The van der Waals surface area contributed by atoms with E-state index in [0.717, 1.165) is 0 Å². The van der Waals surface area contributed by atoms with Crippen LogP contribution in [0, 0.1) is 5.92 Å². The Morgan fingerprint density at radius 1 is 1.35 bits per heavy atom. The molecule has 1 saturated heterocycles. The molecule has 2 aromatic heterocycles. The summed E-state index contributed by atoms with van der Waals surface area (Å²) in [5.74, 6) is -1.72. The van der Waals surface area contributed by atoms with Gasteiger partial charge in [0.05, 0.1) is 22.9 Å². The van der Waals surface area contributed by atoms with Crippen molar-refractivity contribution in [1.82, 2.24) is 9.88 Å². The van der Waals surface area contributed by atoms with Gasteiger partial charge in [-0.15, -0.1) is 22.7 Å². The first-order chi connectivity index (χ1) is 12.4. The first kappa shape index (κ1) is 18.5. The lowest BCUT2D eigenvalue weighted by molar-refractivity contribution is -0.147. The van der Waals surface area contributed by atoms with Crippen LogP contribution < -0.4 is 5.32 Å². The number of thiazole rings is 1. The van der Waals surface area contributed by atoms with E-state index in [9.17, 15) is 19.5 Å². The molecule has 26 heavy (non-hydrogen) atoms. The van der Waals surface area contributed by atoms with Gasteiger partial charge in [0, 0.05) is 18.0 Å². The molecule has 0 aliphatic carbocycles. The summed E-state index contributed by atoms with van der Waals surface area (Å²) in [6, 6.07) is 3.56. The summed E-state index contributed by atoms with van der Waals surface area (Å²) in [5.41, 5.74) is 0.575. The molecular weight excluding hydrogens is 374 g/mol. The van der Waals surface area contributed by atoms with Crippen molar-refractivity contribution in [3.63, 3.8) is 0 Å². The number of anilines is 1. The van der Waals surface area contributed by atoms with Crippen molar-refractivity contribution in [1.29, 1.82) is 0 Å². The zero-order chi connectivity index (χ0) is 18.7. The predicted molar refractivity (Wildman–Crippen MR) is 99.6 cm³/mol. The van der Waals surface area contributed by atoms with Gasteiger partial charge in [0.2, 0.25) is 5.91 Å². The molecule has 0 aromatic carbocycles. The molecule has 2 N–H and O–H groups in total. The van der Waals surface area contributed by atoms with Crippen LogP contribution in [0.4, 0.5) is 5.13 Å². The molecule has 0 saturated carbocycles. The Morgan fingerprint density at radius 2 is 2.15 bits per heavy atom. The number of likely N-dealkylation sites (tertiary alicyclic amines) is 1. The van der Waals surface area contributed by atoms with Gasteiger partial charge in [0.25, 0.3) is 5.91 Å². The Kier molecular flexibility index (Phi) is 5.67. The lowest BCUT2D eigenvalue weighted by Gasteiger charge is -2.36. The minimum atomic E-state index is -0.859. The van der Waals surface area contributed by atoms with Gasteiger partial charge in [-0.2, -0.15) is 0 Å². The van der Waals surface area contributed by atoms with E-state index in [1.807, 2.05) is 12.3 Å². The van der Waals surface area contributed by atoms with Gasteiger partial charge in [0.1, 0.15) is 0 Å². The molecule has 138 valence electrons. The SMILES string of the molecule is CC1CCC(C(=O)O)CN1C(=O)Cc1csc(NC(=O)c2cccs2)n1. The average Bonchev–Trinajstić information content (AvgIpc) is 3.27. The van der Waals surface area contributed by atoms with Crippen LogP contribution in [0.15, 0.2) is 22.9 Å². The van der Waals surface area contributed by atoms with Crippen molar-refractivity contribution >= 4 is 45.6 Å². The molecule has 2 unspecified atom stereocenters. The number of carbonyl (C=O) groups excluding carboxylic acids is 2. The number of nitrogens with zero attached hydrogens (tertiary/aromatic N) is 2. The van der Waals surface area contributed by atoms with Crippen molar-refractivity contribution in [2.45, 2.75) is 32.2 Å². The van der Waals surface area contributed by atoms with Gasteiger partial charge in [-0.05, 0) is 31.2 Å². The lowest BCUT2D eigenvalue weighted by atomic mass is 9.93. The Morgan fingerprint density at radius 3 is 2.85 bits per heavy atom. The number of carboxylic acids is 1. The van der Waals surface area contributed by atoms with Crippen LogP contribution in [0.2, 0.25) is 0 Å². The number of nitrogens with one attached hydrogen (secondary N) is 1. The maximum atomic E-state index is 12.6. The van der Waals surface area contributed by atoms with Crippen molar-refractivity contribution in [2.24, 2.45) is 5.92 Å². The first-order valence-corrected chi connectivity index (χ1v) is 10.0. The fourth-order valence-corrected chi connectivity index (χ4v) is 4.25. The van der Waals surface area contributed by atoms with E-state index < -0.39 is 11.9 Å². The molecule has 2 atom stereocenters. The summed E-state index contributed by atoms with van der Waals surface area (Å²) in [6.07, 6.45) is 1.37. The molecule has 3 heterocycles. The van der Waals surface area contributed by atoms with Crippen molar-refractivity contribution in [3.05, 3.63) is 33.5 Å². The highest BCUT2D eigenvalue weighted by Gasteiger charge is 2.32. The van der Waals surface area contributed by atoms with Crippen molar-refractivity contribution < 1.29 is 19.5 Å². The monoisotopic (exact) mass is 393 g/mol. The number of hydrogen-bond acceptors (Lipinski definition) is 6. The minimum absolute atomic E-state index is 0.0229. The van der Waals surface area contributed by atoms with E-state index in [2.05, 4.69) is 10.3 Å². The van der Waals surface area contributed by atoms with E-state index in [1.165, 1.54) is 22.7 Å². The highest BCUT2D eigenvalue weighted by molar-refractivity contribution is 7.14. The summed E-state index contributed by atoms with van der Waals surface area (Å²) in [4.78, 5) is 42.3. The summed E-state index contributed by atoms with van der Waals surface area (Å²) in [6.45, 7) is 2.17. The van der Waals surface area contributed by atoms with Gasteiger partial charge >= 0.3 is 5.97 Å². The van der Waals surface area contributed by atoms with Crippen LogP contribution >= 0.6 is 22.7 Å². The molecule has 0 spiro atoms. The minimum Gasteiger partial charge on any atom is -0.481 e. The zero-order valence-corrected chi connectivity index (χ0v) is 15.8. The largest absolute Gasteiger partial charge is 0.481 e. The normalized spacial score (nSPS) is 20.0. The molecule has 0 bridgehead atoms. The van der Waals surface area contributed by atoms with Crippen molar-refractivity contribution in [2.75, 3.05) is 11.9 Å². The van der Waals surface area contributed by atoms with E-state index >= 15 is 0 Å². The second kappa shape index (κ2) is 7.96. The molecule has 2 aromatic rings. The number of aliphatic carboxylic acids is 1. The summed E-state index contributed by atoms with van der Waals surface area (Å²) in [5, 5.41) is 15.9. The second-order valence-corrected chi connectivity index (χ2v) is 8.07. The summed E-state index contributed by atoms with van der Waals surface area (Å²) >= 11 is 2.61. The van der Waals surface area contributed by atoms with Crippen LogP contribution in [0.3, 0.4) is 0 Å². The maximum absolute atomic E-state index is 12.6. The van der Waals surface area contributed by atoms with E-state index in [0.29, 0.717) is 28.5 Å². The third-order valence-electron chi connectivity index (χ3n) is 4.40. The smallest absolute Gasteiger partial charge is 0.308 e. The third-order valence-corrected chi connectivity index (χ3v) is 6.08. The van der Waals surface area contributed by atoms with E-state index in [-0.39, 0.29) is 30.8 Å². The quantitative estimate of drug-likeness (QED) is 0.814. The van der Waals surface area contributed by atoms with Gasteiger partial charge in [0.15, 0.2) is 5.13 Å². The van der Waals surface area contributed by atoms with Crippen LogP contribution in [0.25, 0.3) is 0 Å².